The zero-order chi connectivity index (χ0) is 20.4. The second kappa shape index (κ2) is 8.78. The molecule has 2 amide bonds. The first kappa shape index (κ1) is 20.3. The van der Waals surface area contributed by atoms with E-state index in [1.54, 1.807) is 6.92 Å². The van der Waals surface area contributed by atoms with E-state index < -0.39 is 0 Å². The summed E-state index contributed by atoms with van der Waals surface area (Å²) in [6.45, 7) is 4.31. The van der Waals surface area contributed by atoms with Crippen molar-refractivity contribution in [2.24, 2.45) is 0 Å². The second-order valence-electron chi connectivity index (χ2n) is 8.82. The molecule has 7 nitrogen and oxygen atoms in total. The summed E-state index contributed by atoms with van der Waals surface area (Å²) in [6, 6.07) is 0.524. The van der Waals surface area contributed by atoms with E-state index in [2.05, 4.69) is 9.88 Å². The van der Waals surface area contributed by atoms with Crippen molar-refractivity contribution < 1.29 is 9.59 Å². The van der Waals surface area contributed by atoms with Gasteiger partial charge in [0.1, 0.15) is 5.82 Å². The van der Waals surface area contributed by atoms with Crippen LogP contribution in [0.15, 0.2) is 6.20 Å². The highest BCUT2D eigenvalue weighted by Gasteiger charge is 2.32. The molecule has 0 N–H and O–H groups in total. The minimum atomic E-state index is 0.0993. The first-order chi connectivity index (χ1) is 14.0. The third-order valence-electron chi connectivity index (χ3n) is 6.91. The molecule has 1 aromatic heterocycles. The molecule has 4 rings (SSSR count). The standard InChI is InChI=1S/C22H33N5O2/c1-16(28)26-12-10-19-17(14-26)13-23-22(24-19)20-9-6-11-27(20)15-21(29)25(2)18-7-4-3-5-8-18/h13,18,20H,3-12,14-15H2,1-2H3. The Morgan fingerprint density at radius 2 is 1.93 bits per heavy atom. The van der Waals surface area contributed by atoms with Gasteiger partial charge >= 0.3 is 0 Å². The van der Waals surface area contributed by atoms with Crippen LogP contribution in [0, 0.1) is 0 Å². The second-order valence-corrected chi connectivity index (χ2v) is 8.82. The van der Waals surface area contributed by atoms with E-state index in [0.29, 0.717) is 19.1 Å². The van der Waals surface area contributed by atoms with Gasteiger partial charge in [-0.05, 0) is 32.2 Å². The quantitative estimate of drug-likeness (QED) is 0.777. The molecule has 1 atom stereocenters. The Morgan fingerprint density at radius 1 is 1.14 bits per heavy atom. The van der Waals surface area contributed by atoms with Crippen molar-refractivity contribution in [3.05, 3.63) is 23.3 Å². The van der Waals surface area contributed by atoms with Crippen LogP contribution in [0.3, 0.4) is 0 Å². The molecule has 1 aromatic rings. The average molecular weight is 400 g/mol. The first-order valence-electron chi connectivity index (χ1n) is 11.1. The molecule has 2 aliphatic heterocycles. The molecule has 1 saturated heterocycles. The van der Waals surface area contributed by atoms with E-state index in [9.17, 15) is 9.59 Å². The molecule has 3 aliphatic rings. The zero-order valence-electron chi connectivity index (χ0n) is 17.8. The van der Waals surface area contributed by atoms with Gasteiger partial charge in [-0.2, -0.15) is 0 Å². The number of hydrogen-bond donors (Lipinski definition) is 0. The van der Waals surface area contributed by atoms with Crippen molar-refractivity contribution in [3.63, 3.8) is 0 Å². The minimum Gasteiger partial charge on any atom is -0.342 e. The number of carbonyl (C=O) groups excluding carboxylic acids is 2. The molecule has 0 radical (unpaired) electrons. The number of likely N-dealkylation sites (N-methyl/N-ethyl adjacent to an activating group) is 1. The van der Waals surface area contributed by atoms with Gasteiger partial charge in [-0.3, -0.25) is 14.5 Å². The number of fused-ring (bicyclic) bond motifs is 1. The molecule has 2 fully saturated rings. The van der Waals surface area contributed by atoms with Crippen LogP contribution < -0.4 is 0 Å². The van der Waals surface area contributed by atoms with Gasteiger partial charge in [-0.25, -0.2) is 9.97 Å². The molecule has 1 aliphatic carbocycles. The average Bonchev–Trinajstić information content (AvgIpc) is 3.21. The molecule has 7 heteroatoms. The Labute approximate surface area is 173 Å². The van der Waals surface area contributed by atoms with Gasteiger partial charge in [0.15, 0.2) is 0 Å². The van der Waals surface area contributed by atoms with Crippen LogP contribution in [0.2, 0.25) is 0 Å². The lowest BCUT2D eigenvalue weighted by molar-refractivity contribution is -0.134. The highest BCUT2D eigenvalue weighted by atomic mass is 16.2. The first-order valence-corrected chi connectivity index (χ1v) is 11.1. The van der Waals surface area contributed by atoms with E-state index >= 15 is 0 Å². The number of nitrogens with zero attached hydrogens (tertiary/aromatic N) is 5. The van der Waals surface area contributed by atoms with Gasteiger partial charge in [0.2, 0.25) is 11.8 Å². The Balaban J connectivity index is 1.42. The molecule has 158 valence electrons. The predicted octanol–water partition coefficient (Wildman–Crippen LogP) is 2.31. The summed E-state index contributed by atoms with van der Waals surface area (Å²) < 4.78 is 0. The Bertz CT molecular complexity index is 762. The van der Waals surface area contributed by atoms with Crippen LogP contribution in [0.25, 0.3) is 0 Å². The third-order valence-corrected chi connectivity index (χ3v) is 6.91. The summed E-state index contributed by atoms with van der Waals surface area (Å²) in [5.74, 6) is 1.16. The van der Waals surface area contributed by atoms with Crippen LogP contribution in [0.4, 0.5) is 0 Å². The van der Waals surface area contributed by atoms with Crippen LogP contribution in [-0.4, -0.2) is 69.2 Å². The fourth-order valence-electron chi connectivity index (χ4n) is 5.03. The van der Waals surface area contributed by atoms with Crippen LogP contribution in [0.1, 0.15) is 75.0 Å². The largest absolute Gasteiger partial charge is 0.342 e. The monoisotopic (exact) mass is 399 g/mol. The maximum atomic E-state index is 12.9. The van der Waals surface area contributed by atoms with Crippen molar-refractivity contribution >= 4 is 11.8 Å². The Morgan fingerprint density at radius 3 is 2.69 bits per heavy atom. The van der Waals surface area contributed by atoms with Gasteiger partial charge in [0.05, 0.1) is 18.3 Å². The minimum absolute atomic E-state index is 0.0993. The van der Waals surface area contributed by atoms with Crippen molar-refractivity contribution in [1.82, 2.24) is 24.7 Å². The fourth-order valence-corrected chi connectivity index (χ4v) is 5.03. The smallest absolute Gasteiger partial charge is 0.236 e. The summed E-state index contributed by atoms with van der Waals surface area (Å²) in [5.41, 5.74) is 2.11. The SMILES string of the molecule is CC(=O)N1CCc2nc(C3CCCN3CC(=O)N(C)C3CCCCC3)ncc2C1. The van der Waals surface area contributed by atoms with Gasteiger partial charge < -0.3 is 9.80 Å². The summed E-state index contributed by atoms with van der Waals surface area (Å²) in [6.07, 6.45) is 10.8. The highest BCUT2D eigenvalue weighted by molar-refractivity contribution is 5.78. The zero-order valence-corrected chi connectivity index (χ0v) is 17.8. The van der Waals surface area contributed by atoms with Crippen molar-refractivity contribution in [1.29, 1.82) is 0 Å². The summed E-state index contributed by atoms with van der Waals surface area (Å²) in [5, 5.41) is 0. The molecule has 1 saturated carbocycles. The Hall–Kier alpha value is -2.02. The lowest BCUT2D eigenvalue weighted by atomic mass is 9.94. The maximum absolute atomic E-state index is 12.9. The molecule has 0 bridgehead atoms. The van der Waals surface area contributed by atoms with Crippen LogP contribution >= 0.6 is 0 Å². The third kappa shape index (κ3) is 4.44. The predicted molar refractivity (Wildman–Crippen MR) is 110 cm³/mol. The molecular weight excluding hydrogens is 366 g/mol. The lowest BCUT2D eigenvalue weighted by Gasteiger charge is -2.33. The molecule has 29 heavy (non-hydrogen) atoms. The molecule has 1 unspecified atom stereocenters. The van der Waals surface area contributed by atoms with Gasteiger partial charge in [-0.1, -0.05) is 19.3 Å². The van der Waals surface area contributed by atoms with Gasteiger partial charge in [-0.15, -0.1) is 0 Å². The number of carbonyl (C=O) groups is 2. The fraction of sp³-hybridized carbons (Fsp3) is 0.727. The van der Waals surface area contributed by atoms with Crippen molar-refractivity contribution in [3.8, 4) is 0 Å². The maximum Gasteiger partial charge on any atom is 0.236 e. The van der Waals surface area contributed by atoms with E-state index in [4.69, 9.17) is 4.98 Å². The van der Waals surface area contributed by atoms with Gasteiger partial charge in [0, 0.05) is 51.3 Å². The van der Waals surface area contributed by atoms with Crippen LogP contribution in [0.5, 0.6) is 0 Å². The molecule has 3 heterocycles. The normalized spacial score (nSPS) is 23.1. The highest BCUT2D eigenvalue weighted by Crippen LogP contribution is 2.31. The Kier molecular flexibility index (Phi) is 6.13. The van der Waals surface area contributed by atoms with E-state index in [1.807, 2.05) is 23.0 Å². The number of likely N-dealkylation sites (tertiary alicyclic amines) is 1. The lowest BCUT2D eigenvalue weighted by Crippen LogP contribution is -2.44. The van der Waals surface area contributed by atoms with E-state index in [0.717, 1.165) is 62.3 Å². The summed E-state index contributed by atoms with van der Waals surface area (Å²) >= 11 is 0. The molecule has 0 spiro atoms. The number of aromatic nitrogens is 2. The number of rotatable bonds is 4. The van der Waals surface area contributed by atoms with E-state index in [-0.39, 0.29) is 17.9 Å². The van der Waals surface area contributed by atoms with Gasteiger partial charge in [0.25, 0.3) is 0 Å². The number of hydrogen-bond acceptors (Lipinski definition) is 5. The molecule has 0 aromatic carbocycles. The topological polar surface area (TPSA) is 69.6 Å². The number of amides is 2. The van der Waals surface area contributed by atoms with E-state index in [1.165, 1.54) is 19.3 Å². The van der Waals surface area contributed by atoms with Crippen molar-refractivity contribution in [2.45, 2.75) is 76.9 Å². The molecular formula is C22H33N5O2. The van der Waals surface area contributed by atoms with Crippen molar-refractivity contribution in [2.75, 3.05) is 26.7 Å². The summed E-state index contributed by atoms with van der Waals surface area (Å²) in [7, 11) is 1.97. The van der Waals surface area contributed by atoms with Crippen LogP contribution in [-0.2, 0) is 22.6 Å². The summed E-state index contributed by atoms with van der Waals surface area (Å²) in [4.78, 5) is 40.1.